The molecule has 16 heavy (non-hydrogen) atoms. The Hall–Kier alpha value is -1.08. The zero-order valence-corrected chi connectivity index (χ0v) is 10.8. The highest BCUT2D eigenvalue weighted by molar-refractivity contribution is 8.13. The molecule has 1 aromatic rings. The molecule has 1 aromatic heterocycles. The Labute approximate surface area is 103 Å². The molecule has 5 nitrogen and oxygen atoms in total. The van der Waals surface area contributed by atoms with E-state index in [0.717, 1.165) is 17.2 Å². The molecule has 0 saturated heterocycles. The van der Waals surface area contributed by atoms with Gasteiger partial charge in [0.2, 0.25) is 0 Å². The summed E-state index contributed by atoms with van der Waals surface area (Å²) in [6.07, 6.45) is 1.07. The van der Waals surface area contributed by atoms with Crippen molar-refractivity contribution in [3.8, 4) is 0 Å². The van der Waals surface area contributed by atoms with E-state index in [1.165, 1.54) is 0 Å². The summed E-state index contributed by atoms with van der Waals surface area (Å²) in [5, 5.41) is 0.852. The number of hydrogen-bond donors (Lipinski definition) is 3. The van der Waals surface area contributed by atoms with Crippen LogP contribution in [0.5, 0.6) is 0 Å². The van der Waals surface area contributed by atoms with Crippen LogP contribution in [0.3, 0.4) is 0 Å². The summed E-state index contributed by atoms with van der Waals surface area (Å²) in [4.78, 5) is 20.7. The number of H-pyrrole nitrogens is 2. The first-order valence-corrected chi connectivity index (χ1v) is 6.24. The van der Waals surface area contributed by atoms with Gasteiger partial charge in [-0.2, -0.15) is 0 Å². The number of aliphatic imine (C=N–C) groups is 1. The third-order valence-corrected chi connectivity index (χ3v) is 3.07. The average molecular weight is 258 g/mol. The minimum atomic E-state index is -0.407. The molecule has 1 rings (SSSR count). The second-order valence-electron chi connectivity index (χ2n) is 3.15. The topological polar surface area (TPSA) is 87.0 Å². The van der Waals surface area contributed by atoms with Gasteiger partial charge >= 0.3 is 0 Å². The van der Waals surface area contributed by atoms with Gasteiger partial charge in [-0.1, -0.05) is 6.92 Å². The lowest BCUT2D eigenvalue weighted by Gasteiger charge is -2.01. The Balaban J connectivity index is 3.05. The Morgan fingerprint density at radius 2 is 2.25 bits per heavy atom. The van der Waals surface area contributed by atoms with Crippen molar-refractivity contribution in [2.75, 3.05) is 11.5 Å². The Morgan fingerprint density at radius 3 is 2.88 bits per heavy atom. The molecule has 0 aliphatic carbocycles. The highest BCUT2D eigenvalue weighted by Gasteiger charge is 2.03. The third-order valence-electron chi connectivity index (χ3n) is 1.74. The van der Waals surface area contributed by atoms with Crippen LogP contribution in [0.25, 0.3) is 0 Å². The second kappa shape index (κ2) is 5.86. The number of rotatable bonds is 3. The van der Waals surface area contributed by atoms with Gasteiger partial charge in [-0.05, 0) is 31.3 Å². The molecule has 0 amide bonds. The summed E-state index contributed by atoms with van der Waals surface area (Å²) in [5.74, 6) is 1.31. The van der Waals surface area contributed by atoms with E-state index in [-0.39, 0.29) is 10.5 Å². The molecule has 0 aliphatic rings. The molecule has 0 saturated carbocycles. The average Bonchev–Trinajstić information content (AvgIpc) is 2.22. The summed E-state index contributed by atoms with van der Waals surface area (Å²) in [6, 6.07) is 0. The zero-order valence-electron chi connectivity index (χ0n) is 9.16. The van der Waals surface area contributed by atoms with Crippen LogP contribution in [0.1, 0.15) is 20.3 Å². The largest absolute Gasteiger partial charge is 0.391 e. The highest BCUT2D eigenvalue weighted by atomic mass is 32.2. The quantitative estimate of drug-likeness (QED) is 0.440. The first-order chi connectivity index (χ1) is 7.54. The Kier molecular flexibility index (Phi) is 4.75. The smallest absolute Gasteiger partial charge is 0.277 e. The number of anilines is 1. The SMILES string of the molecule is CCCS/C(C)=N/c1[nH]c(=S)[nH]c(=O)c1N. The summed E-state index contributed by atoms with van der Waals surface area (Å²) in [5.41, 5.74) is 5.24. The third kappa shape index (κ3) is 3.49. The molecule has 0 radical (unpaired) electrons. The van der Waals surface area contributed by atoms with Crippen LogP contribution in [0.15, 0.2) is 9.79 Å². The molecule has 7 heteroatoms. The molecule has 0 bridgehead atoms. The first-order valence-electron chi connectivity index (χ1n) is 4.84. The monoisotopic (exact) mass is 258 g/mol. The van der Waals surface area contributed by atoms with Crippen LogP contribution in [0.4, 0.5) is 11.5 Å². The van der Waals surface area contributed by atoms with Crippen molar-refractivity contribution >= 4 is 40.5 Å². The van der Waals surface area contributed by atoms with Gasteiger partial charge in [0.05, 0.1) is 5.04 Å². The van der Waals surface area contributed by atoms with Crippen LogP contribution in [0, 0.1) is 4.77 Å². The van der Waals surface area contributed by atoms with E-state index in [2.05, 4.69) is 21.9 Å². The molecule has 1 heterocycles. The predicted molar refractivity (Wildman–Crippen MR) is 72.2 cm³/mol. The van der Waals surface area contributed by atoms with E-state index in [1.807, 2.05) is 6.92 Å². The molecular formula is C9H14N4OS2. The van der Waals surface area contributed by atoms with Crippen molar-refractivity contribution in [3.05, 3.63) is 15.1 Å². The fourth-order valence-corrected chi connectivity index (χ4v) is 1.86. The van der Waals surface area contributed by atoms with Crippen LogP contribution in [-0.4, -0.2) is 20.8 Å². The number of aromatic nitrogens is 2. The standard InChI is InChI=1S/C9H14N4OS2/c1-3-4-16-5(2)11-7-6(10)8(14)13-9(15)12-7/h3-4,10H2,1-2H3,(H2,12,13,14,15)/b11-5+. The second-order valence-corrected chi connectivity index (χ2v) is 4.85. The number of nitrogens with one attached hydrogen (secondary N) is 2. The van der Waals surface area contributed by atoms with E-state index in [9.17, 15) is 4.79 Å². The normalized spacial score (nSPS) is 11.8. The van der Waals surface area contributed by atoms with Gasteiger partial charge in [0, 0.05) is 0 Å². The Morgan fingerprint density at radius 1 is 1.56 bits per heavy atom. The number of nitrogen functional groups attached to an aromatic ring is 1. The minimum absolute atomic E-state index is 0.0602. The molecule has 4 N–H and O–H groups in total. The van der Waals surface area contributed by atoms with Crippen LogP contribution >= 0.6 is 24.0 Å². The van der Waals surface area contributed by atoms with Gasteiger partial charge in [-0.3, -0.25) is 9.78 Å². The van der Waals surface area contributed by atoms with Gasteiger partial charge in [-0.25, -0.2) is 4.99 Å². The van der Waals surface area contributed by atoms with Gasteiger partial charge in [0.15, 0.2) is 10.6 Å². The Bertz CT molecular complexity index is 503. The molecule has 0 spiro atoms. The van der Waals surface area contributed by atoms with Crippen LogP contribution in [0.2, 0.25) is 0 Å². The van der Waals surface area contributed by atoms with Gasteiger partial charge in [0.25, 0.3) is 5.56 Å². The predicted octanol–water partition coefficient (Wildman–Crippen LogP) is 2.21. The summed E-state index contributed by atoms with van der Waals surface area (Å²) in [6.45, 7) is 3.97. The molecule has 88 valence electrons. The fourth-order valence-electron chi connectivity index (χ4n) is 1.01. The minimum Gasteiger partial charge on any atom is -0.391 e. The van der Waals surface area contributed by atoms with Crippen molar-refractivity contribution in [3.63, 3.8) is 0 Å². The van der Waals surface area contributed by atoms with Crippen LogP contribution < -0.4 is 11.3 Å². The van der Waals surface area contributed by atoms with E-state index in [1.54, 1.807) is 11.8 Å². The molecule has 0 unspecified atom stereocenters. The van der Waals surface area contributed by atoms with Gasteiger partial charge < -0.3 is 10.7 Å². The molecule has 0 fully saturated rings. The van der Waals surface area contributed by atoms with Crippen molar-refractivity contribution in [1.82, 2.24) is 9.97 Å². The van der Waals surface area contributed by atoms with Gasteiger partial charge in [-0.15, -0.1) is 11.8 Å². The number of nitrogens with two attached hydrogens (primary N) is 1. The van der Waals surface area contributed by atoms with Crippen molar-refractivity contribution in [2.45, 2.75) is 20.3 Å². The summed E-state index contributed by atoms with van der Waals surface area (Å²) in [7, 11) is 0. The maximum atomic E-state index is 11.3. The fraction of sp³-hybridized carbons (Fsp3) is 0.444. The van der Waals surface area contributed by atoms with Crippen molar-refractivity contribution in [1.29, 1.82) is 0 Å². The number of aromatic amines is 2. The van der Waals surface area contributed by atoms with Gasteiger partial charge in [0.1, 0.15) is 5.69 Å². The lowest BCUT2D eigenvalue weighted by atomic mass is 10.5. The molecule has 0 aliphatic heterocycles. The van der Waals surface area contributed by atoms with E-state index in [4.69, 9.17) is 18.0 Å². The number of nitrogens with zero attached hydrogens (tertiary/aromatic N) is 1. The maximum Gasteiger partial charge on any atom is 0.277 e. The van der Waals surface area contributed by atoms with Crippen molar-refractivity contribution < 1.29 is 0 Å². The van der Waals surface area contributed by atoms with E-state index < -0.39 is 5.56 Å². The lowest BCUT2D eigenvalue weighted by Crippen LogP contribution is -2.13. The molecular weight excluding hydrogens is 244 g/mol. The summed E-state index contributed by atoms with van der Waals surface area (Å²) < 4.78 is 0.228. The first kappa shape index (κ1) is 13.0. The number of thioether (sulfide) groups is 1. The van der Waals surface area contributed by atoms with E-state index >= 15 is 0 Å². The number of hydrogen-bond acceptors (Lipinski definition) is 5. The van der Waals surface area contributed by atoms with Crippen molar-refractivity contribution in [2.24, 2.45) is 4.99 Å². The zero-order chi connectivity index (χ0) is 12.1. The lowest BCUT2D eigenvalue weighted by molar-refractivity contribution is 1.09. The van der Waals surface area contributed by atoms with E-state index in [0.29, 0.717) is 5.82 Å². The van der Waals surface area contributed by atoms with Crippen LogP contribution in [-0.2, 0) is 0 Å². The maximum absolute atomic E-state index is 11.3. The molecule has 0 aromatic carbocycles. The highest BCUT2D eigenvalue weighted by Crippen LogP contribution is 2.16. The molecule has 0 atom stereocenters. The summed E-state index contributed by atoms with van der Waals surface area (Å²) >= 11 is 6.46.